The molecule has 0 saturated heterocycles. The molecule has 1 atom stereocenters. The third-order valence-electron chi connectivity index (χ3n) is 1.01. The molecule has 0 amide bonds. The van der Waals surface area contributed by atoms with Crippen molar-refractivity contribution in [2.75, 3.05) is 6.61 Å². The fourth-order valence-electron chi connectivity index (χ4n) is 0.424. The smallest absolute Gasteiger partial charge is 0.335 e. The molecule has 0 aromatic rings. The van der Waals surface area contributed by atoms with Gasteiger partial charge in [0.05, 0.1) is 6.61 Å². The summed E-state index contributed by atoms with van der Waals surface area (Å²) in [6.07, 6.45) is 1.10. The van der Waals surface area contributed by atoms with Gasteiger partial charge in [0.15, 0.2) is 6.10 Å². The van der Waals surface area contributed by atoms with E-state index in [0.717, 1.165) is 6.42 Å². The first-order chi connectivity index (χ1) is 4.72. The lowest BCUT2D eigenvalue weighted by Gasteiger charge is -2.06. The first kappa shape index (κ1) is 9.43. The number of esters is 1. The number of carbonyl (C=O) groups excluding carboxylic acids is 1. The van der Waals surface area contributed by atoms with E-state index in [0.29, 0.717) is 6.61 Å². The topological polar surface area (TPSA) is 46.5 Å². The molecule has 0 aliphatic carbocycles. The highest BCUT2D eigenvalue weighted by atomic mass is 16.5. The Labute approximate surface area is 61.0 Å². The third kappa shape index (κ3) is 3.45. The van der Waals surface area contributed by atoms with E-state index in [1.54, 1.807) is 6.92 Å². The predicted molar refractivity (Wildman–Crippen MR) is 37.2 cm³/mol. The van der Waals surface area contributed by atoms with Crippen molar-refractivity contribution in [3.63, 3.8) is 0 Å². The summed E-state index contributed by atoms with van der Waals surface area (Å²) in [4.78, 5) is 10.6. The normalized spacial score (nSPS) is 12.7. The van der Waals surface area contributed by atoms with Crippen LogP contribution in [0.25, 0.3) is 0 Å². The molecule has 0 bridgehead atoms. The Hall–Kier alpha value is -0.570. The van der Waals surface area contributed by atoms with E-state index in [4.69, 9.17) is 5.11 Å². The van der Waals surface area contributed by atoms with Crippen LogP contribution in [0.1, 0.15) is 20.3 Å². The first-order valence-electron chi connectivity index (χ1n) is 3.36. The SMILES string of the molecule is C[CH]C(O)C(=O)OCCC. The summed E-state index contributed by atoms with van der Waals surface area (Å²) < 4.78 is 4.62. The number of rotatable bonds is 4. The van der Waals surface area contributed by atoms with E-state index < -0.39 is 12.1 Å². The van der Waals surface area contributed by atoms with Crippen LogP contribution in [0.3, 0.4) is 0 Å². The van der Waals surface area contributed by atoms with Gasteiger partial charge in [0, 0.05) is 0 Å². The highest BCUT2D eigenvalue weighted by Gasteiger charge is 2.12. The summed E-state index contributed by atoms with van der Waals surface area (Å²) in [5, 5.41) is 8.82. The molecule has 1 radical (unpaired) electrons. The minimum atomic E-state index is -1.06. The number of aliphatic hydroxyl groups is 1. The van der Waals surface area contributed by atoms with E-state index in [9.17, 15) is 4.79 Å². The minimum absolute atomic E-state index is 0.379. The molecule has 0 spiro atoms. The van der Waals surface area contributed by atoms with Gasteiger partial charge in [0.2, 0.25) is 0 Å². The fraction of sp³-hybridized carbons (Fsp3) is 0.714. The number of hydrogen-bond acceptors (Lipinski definition) is 3. The standard InChI is InChI=1S/C7H13O3/c1-3-5-10-7(9)6(8)4-2/h4,6,8H,3,5H2,1-2H3. The molecule has 1 N–H and O–H groups in total. The van der Waals surface area contributed by atoms with Crippen LogP contribution in [0.15, 0.2) is 0 Å². The van der Waals surface area contributed by atoms with Crippen LogP contribution in [0.2, 0.25) is 0 Å². The number of carbonyl (C=O) groups is 1. The Morgan fingerprint density at radius 3 is 2.80 bits per heavy atom. The number of aliphatic hydroxyl groups excluding tert-OH is 1. The summed E-state index contributed by atoms with van der Waals surface area (Å²) >= 11 is 0. The molecule has 59 valence electrons. The van der Waals surface area contributed by atoms with Gasteiger partial charge in [-0.25, -0.2) is 4.79 Å². The Morgan fingerprint density at radius 2 is 2.40 bits per heavy atom. The van der Waals surface area contributed by atoms with Crippen LogP contribution in [-0.4, -0.2) is 23.8 Å². The van der Waals surface area contributed by atoms with Crippen molar-refractivity contribution in [2.24, 2.45) is 0 Å². The van der Waals surface area contributed by atoms with Gasteiger partial charge >= 0.3 is 5.97 Å². The maximum Gasteiger partial charge on any atom is 0.335 e. The Kier molecular flexibility index (Phi) is 4.94. The van der Waals surface area contributed by atoms with Gasteiger partial charge in [0.1, 0.15) is 0 Å². The zero-order valence-electron chi connectivity index (χ0n) is 6.33. The monoisotopic (exact) mass is 145 g/mol. The van der Waals surface area contributed by atoms with E-state index >= 15 is 0 Å². The van der Waals surface area contributed by atoms with Crippen molar-refractivity contribution in [2.45, 2.75) is 26.4 Å². The molecule has 0 heterocycles. The molecule has 0 fully saturated rings. The van der Waals surface area contributed by atoms with Crippen molar-refractivity contribution in [1.29, 1.82) is 0 Å². The van der Waals surface area contributed by atoms with Crippen LogP contribution in [0, 0.1) is 6.42 Å². The van der Waals surface area contributed by atoms with Gasteiger partial charge in [-0.15, -0.1) is 0 Å². The number of hydrogen-bond donors (Lipinski definition) is 1. The van der Waals surface area contributed by atoms with E-state index in [2.05, 4.69) is 4.74 Å². The second kappa shape index (κ2) is 5.23. The van der Waals surface area contributed by atoms with Gasteiger partial charge in [-0.1, -0.05) is 13.8 Å². The average molecular weight is 145 g/mol. The van der Waals surface area contributed by atoms with Gasteiger partial charge in [0.25, 0.3) is 0 Å². The molecule has 3 nitrogen and oxygen atoms in total. The lowest BCUT2D eigenvalue weighted by Crippen LogP contribution is -2.22. The van der Waals surface area contributed by atoms with Crippen LogP contribution < -0.4 is 0 Å². The van der Waals surface area contributed by atoms with Crippen molar-refractivity contribution in [3.8, 4) is 0 Å². The quantitative estimate of drug-likeness (QED) is 0.587. The zero-order chi connectivity index (χ0) is 7.98. The third-order valence-corrected chi connectivity index (χ3v) is 1.01. The van der Waals surface area contributed by atoms with E-state index in [1.807, 2.05) is 6.92 Å². The van der Waals surface area contributed by atoms with Crippen LogP contribution in [0.5, 0.6) is 0 Å². The predicted octanol–water partition coefficient (Wildman–Crippen LogP) is 0.525. The molecule has 0 aromatic carbocycles. The first-order valence-corrected chi connectivity index (χ1v) is 3.36. The summed E-state index contributed by atoms with van der Waals surface area (Å²) in [6.45, 7) is 3.89. The maximum absolute atomic E-state index is 10.6. The van der Waals surface area contributed by atoms with Crippen LogP contribution >= 0.6 is 0 Å². The molecular weight excluding hydrogens is 132 g/mol. The molecule has 0 aliphatic rings. The lowest BCUT2D eigenvalue weighted by molar-refractivity contribution is -0.151. The summed E-state index contributed by atoms with van der Waals surface area (Å²) in [6, 6.07) is 0. The Balaban J connectivity index is 3.42. The fourth-order valence-corrected chi connectivity index (χ4v) is 0.424. The molecule has 10 heavy (non-hydrogen) atoms. The van der Waals surface area contributed by atoms with E-state index in [1.165, 1.54) is 6.42 Å². The largest absolute Gasteiger partial charge is 0.464 e. The van der Waals surface area contributed by atoms with Crippen LogP contribution in [0.4, 0.5) is 0 Å². The van der Waals surface area contributed by atoms with Gasteiger partial charge < -0.3 is 9.84 Å². The van der Waals surface area contributed by atoms with Crippen molar-refractivity contribution >= 4 is 5.97 Å². The van der Waals surface area contributed by atoms with Crippen molar-refractivity contribution in [3.05, 3.63) is 6.42 Å². The van der Waals surface area contributed by atoms with Crippen molar-refractivity contribution < 1.29 is 14.6 Å². The lowest BCUT2D eigenvalue weighted by atomic mass is 10.3. The highest BCUT2D eigenvalue weighted by Crippen LogP contribution is 1.92. The van der Waals surface area contributed by atoms with E-state index in [-0.39, 0.29) is 0 Å². The molecular formula is C7H13O3. The summed E-state index contributed by atoms with van der Waals surface area (Å²) in [7, 11) is 0. The summed E-state index contributed by atoms with van der Waals surface area (Å²) in [5.74, 6) is -0.565. The second-order valence-electron chi connectivity index (χ2n) is 1.95. The Bertz CT molecular complexity index is 101. The van der Waals surface area contributed by atoms with Gasteiger partial charge in [-0.3, -0.25) is 0 Å². The highest BCUT2D eigenvalue weighted by molar-refractivity contribution is 5.75. The molecule has 0 aromatic heterocycles. The molecule has 1 unspecified atom stereocenters. The Morgan fingerprint density at radius 1 is 1.80 bits per heavy atom. The summed E-state index contributed by atoms with van der Waals surface area (Å²) in [5.41, 5.74) is 0. The van der Waals surface area contributed by atoms with Crippen LogP contribution in [-0.2, 0) is 9.53 Å². The number of ether oxygens (including phenoxy) is 1. The second-order valence-corrected chi connectivity index (χ2v) is 1.95. The minimum Gasteiger partial charge on any atom is -0.464 e. The molecule has 0 saturated carbocycles. The van der Waals surface area contributed by atoms with Gasteiger partial charge in [-0.05, 0) is 12.8 Å². The maximum atomic E-state index is 10.6. The zero-order valence-corrected chi connectivity index (χ0v) is 6.33. The molecule has 0 aliphatic heterocycles. The molecule has 3 heteroatoms. The molecule has 0 rings (SSSR count). The van der Waals surface area contributed by atoms with Gasteiger partial charge in [-0.2, -0.15) is 0 Å². The average Bonchev–Trinajstić information content (AvgIpc) is 1.98. The van der Waals surface area contributed by atoms with Crippen molar-refractivity contribution in [1.82, 2.24) is 0 Å².